The molecule has 0 saturated carbocycles. The molecule has 6 heteroatoms. The molecule has 1 aromatic carbocycles. The number of likely N-dealkylation sites (tertiary alicyclic amines) is 1. The van der Waals surface area contributed by atoms with Gasteiger partial charge in [-0.05, 0) is 26.3 Å². The van der Waals surface area contributed by atoms with E-state index in [-0.39, 0.29) is 23.8 Å². The van der Waals surface area contributed by atoms with Crippen LogP contribution in [0.1, 0.15) is 36.4 Å². The van der Waals surface area contributed by atoms with Crippen LogP contribution in [0.3, 0.4) is 0 Å². The number of nitrogens with two attached hydrogens (primary N) is 1. The van der Waals surface area contributed by atoms with Crippen molar-refractivity contribution >= 4 is 22.8 Å². The second-order valence-electron chi connectivity index (χ2n) is 6.40. The fraction of sp³-hybridized carbons (Fsp3) is 0.444. The van der Waals surface area contributed by atoms with Crippen molar-refractivity contribution in [3.8, 4) is 0 Å². The van der Waals surface area contributed by atoms with Crippen molar-refractivity contribution in [1.29, 1.82) is 0 Å². The number of fused-ring (bicyclic) bond motifs is 1. The second kappa shape index (κ2) is 6.65. The number of furan rings is 1. The molecule has 1 aliphatic rings. The van der Waals surface area contributed by atoms with Crippen molar-refractivity contribution < 1.29 is 18.7 Å². The minimum absolute atomic E-state index is 0.0487. The van der Waals surface area contributed by atoms with Crippen molar-refractivity contribution in [2.75, 3.05) is 13.1 Å². The number of ether oxygens (including phenoxy) is 1. The van der Waals surface area contributed by atoms with Crippen LogP contribution >= 0.6 is 0 Å². The molecule has 1 fully saturated rings. The van der Waals surface area contributed by atoms with Crippen molar-refractivity contribution in [3.63, 3.8) is 0 Å². The van der Waals surface area contributed by atoms with Gasteiger partial charge in [-0.1, -0.05) is 18.2 Å². The van der Waals surface area contributed by atoms with Gasteiger partial charge in [0.2, 0.25) is 5.91 Å². The van der Waals surface area contributed by atoms with E-state index in [1.807, 2.05) is 38.1 Å². The highest BCUT2D eigenvalue weighted by molar-refractivity contribution is 5.99. The molecule has 2 heterocycles. The Bertz CT molecular complexity index is 765. The Kier molecular flexibility index (Phi) is 4.57. The van der Waals surface area contributed by atoms with E-state index in [0.29, 0.717) is 37.5 Å². The minimum atomic E-state index is -0.363. The molecule has 2 aromatic rings. The first-order valence-corrected chi connectivity index (χ1v) is 8.18. The predicted octanol–water partition coefficient (Wildman–Crippen LogP) is 2.31. The summed E-state index contributed by atoms with van der Waals surface area (Å²) < 4.78 is 11.5. The van der Waals surface area contributed by atoms with Gasteiger partial charge < -0.3 is 19.8 Å². The predicted molar refractivity (Wildman–Crippen MR) is 89.3 cm³/mol. The third kappa shape index (κ3) is 3.14. The molecule has 0 aliphatic carbocycles. The Hall–Kier alpha value is -2.34. The quantitative estimate of drug-likeness (QED) is 0.911. The average Bonchev–Trinajstić information content (AvgIpc) is 3.17. The van der Waals surface area contributed by atoms with E-state index in [0.717, 1.165) is 10.9 Å². The normalized spacial score (nSPS) is 17.8. The summed E-state index contributed by atoms with van der Waals surface area (Å²) in [5.41, 5.74) is 6.77. The van der Waals surface area contributed by atoms with E-state index in [9.17, 15) is 9.59 Å². The maximum absolute atomic E-state index is 12.9. The Morgan fingerprint density at radius 2 is 2.12 bits per heavy atom. The van der Waals surface area contributed by atoms with Crippen LogP contribution in [0.15, 0.2) is 28.7 Å². The fourth-order valence-electron chi connectivity index (χ4n) is 2.99. The van der Waals surface area contributed by atoms with Crippen LogP contribution in [0.2, 0.25) is 0 Å². The minimum Gasteiger partial charge on any atom is -0.451 e. The highest BCUT2D eigenvalue weighted by atomic mass is 16.5. The Labute approximate surface area is 140 Å². The van der Waals surface area contributed by atoms with Crippen LogP contribution in [0, 0.1) is 5.92 Å². The maximum atomic E-state index is 12.9. The smallest absolute Gasteiger partial charge is 0.290 e. The van der Waals surface area contributed by atoms with Gasteiger partial charge in [0, 0.05) is 24.0 Å². The van der Waals surface area contributed by atoms with E-state index < -0.39 is 0 Å². The molecule has 2 N–H and O–H groups in total. The number of carbonyl (C=O) groups excluding carboxylic acids is 2. The number of para-hydroxylation sites is 1. The highest BCUT2D eigenvalue weighted by Crippen LogP contribution is 2.29. The molecular formula is C18H22N2O4. The van der Waals surface area contributed by atoms with Gasteiger partial charge in [-0.25, -0.2) is 0 Å². The first kappa shape index (κ1) is 16.5. The number of amides is 2. The van der Waals surface area contributed by atoms with Crippen molar-refractivity contribution in [1.82, 2.24) is 4.90 Å². The molecule has 0 bridgehead atoms. The largest absolute Gasteiger partial charge is 0.451 e. The lowest BCUT2D eigenvalue weighted by Crippen LogP contribution is -2.32. The van der Waals surface area contributed by atoms with Crippen LogP contribution in [0.25, 0.3) is 11.0 Å². The lowest BCUT2D eigenvalue weighted by Gasteiger charge is -2.15. The first-order valence-electron chi connectivity index (χ1n) is 8.18. The van der Waals surface area contributed by atoms with Crippen LogP contribution in [-0.4, -0.2) is 35.9 Å². The molecule has 1 aromatic heterocycles. The van der Waals surface area contributed by atoms with E-state index in [1.54, 1.807) is 4.90 Å². The molecule has 0 spiro atoms. The van der Waals surface area contributed by atoms with E-state index >= 15 is 0 Å². The molecule has 3 rings (SSSR count). The van der Waals surface area contributed by atoms with Gasteiger partial charge in [0.25, 0.3) is 5.91 Å². The van der Waals surface area contributed by atoms with Crippen LogP contribution < -0.4 is 5.73 Å². The van der Waals surface area contributed by atoms with E-state index in [2.05, 4.69) is 0 Å². The van der Waals surface area contributed by atoms with Gasteiger partial charge in [0.1, 0.15) is 5.58 Å². The molecule has 128 valence electrons. The van der Waals surface area contributed by atoms with Gasteiger partial charge in [-0.15, -0.1) is 0 Å². The lowest BCUT2D eigenvalue weighted by molar-refractivity contribution is -0.121. The topological polar surface area (TPSA) is 85.8 Å². The third-order valence-electron chi connectivity index (χ3n) is 4.33. The molecule has 0 radical (unpaired) electrons. The summed E-state index contributed by atoms with van der Waals surface area (Å²) in [6.07, 6.45) is 0.645. The lowest BCUT2D eigenvalue weighted by atomic mass is 10.1. The van der Waals surface area contributed by atoms with Crippen molar-refractivity contribution in [2.24, 2.45) is 11.7 Å². The SMILES string of the molecule is CC(C)OCc1c(C(=O)N2CCC(C(N)=O)C2)oc2ccccc12. The molecule has 2 amide bonds. The Balaban J connectivity index is 1.91. The molecule has 6 nitrogen and oxygen atoms in total. The summed E-state index contributed by atoms with van der Waals surface area (Å²) in [6, 6.07) is 7.53. The second-order valence-corrected chi connectivity index (χ2v) is 6.40. The van der Waals surface area contributed by atoms with Gasteiger partial charge in [0.05, 0.1) is 18.6 Å². The number of benzene rings is 1. The summed E-state index contributed by atoms with van der Waals surface area (Å²) >= 11 is 0. The number of primary amides is 1. The number of hydrogen-bond acceptors (Lipinski definition) is 4. The third-order valence-corrected chi connectivity index (χ3v) is 4.33. The number of nitrogens with zero attached hydrogens (tertiary/aromatic N) is 1. The highest BCUT2D eigenvalue weighted by Gasteiger charge is 2.33. The number of hydrogen-bond donors (Lipinski definition) is 1. The zero-order valence-corrected chi connectivity index (χ0v) is 14.0. The maximum Gasteiger partial charge on any atom is 0.290 e. The standard InChI is InChI=1S/C18H22N2O4/c1-11(2)23-10-14-13-5-3-4-6-15(13)24-16(14)18(22)20-8-7-12(9-20)17(19)21/h3-6,11-12H,7-10H2,1-2H3,(H2,19,21). The Morgan fingerprint density at radius 3 is 2.79 bits per heavy atom. The number of rotatable bonds is 5. The molecule has 1 saturated heterocycles. The molecular weight excluding hydrogens is 308 g/mol. The molecule has 1 aliphatic heterocycles. The fourth-order valence-corrected chi connectivity index (χ4v) is 2.99. The zero-order valence-electron chi connectivity index (χ0n) is 14.0. The van der Waals surface area contributed by atoms with Crippen LogP contribution in [-0.2, 0) is 16.1 Å². The van der Waals surface area contributed by atoms with Gasteiger partial charge in [-0.2, -0.15) is 0 Å². The monoisotopic (exact) mass is 330 g/mol. The van der Waals surface area contributed by atoms with Gasteiger partial charge in [-0.3, -0.25) is 9.59 Å². The molecule has 1 atom stereocenters. The number of carbonyl (C=O) groups is 2. The zero-order chi connectivity index (χ0) is 17.3. The molecule has 24 heavy (non-hydrogen) atoms. The van der Waals surface area contributed by atoms with Gasteiger partial charge >= 0.3 is 0 Å². The van der Waals surface area contributed by atoms with E-state index in [1.165, 1.54) is 0 Å². The Morgan fingerprint density at radius 1 is 1.38 bits per heavy atom. The summed E-state index contributed by atoms with van der Waals surface area (Å²) in [6.45, 7) is 5.05. The van der Waals surface area contributed by atoms with Crippen molar-refractivity contribution in [3.05, 3.63) is 35.6 Å². The summed E-state index contributed by atoms with van der Waals surface area (Å²) in [5, 5.41) is 0.882. The first-order chi connectivity index (χ1) is 11.5. The summed E-state index contributed by atoms with van der Waals surface area (Å²) in [4.78, 5) is 25.8. The summed E-state index contributed by atoms with van der Waals surface area (Å²) in [5.74, 6) is -0.564. The van der Waals surface area contributed by atoms with Crippen LogP contribution in [0.4, 0.5) is 0 Å². The average molecular weight is 330 g/mol. The van der Waals surface area contributed by atoms with Crippen molar-refractivity contribution in [2.45, 2.75) is 33.0 Å². The summed E-state index contributed by atoms with van der Waals surface area (Å²) in [7, 11) is 0. The van der Waals surface area contributed by atoms with E-state index in [4.69, 9.17) is 14.9 Å². The molecule has 1 unspecified atom stereocenters. The van der Waals surface area contributed by atoms with Crippen LogP contribution in [0.5, 0.6) is 0 Å². The van der Waals surface area contributed by atoms with Gasteiger partial charge in [0.15, 0.2) is 5.76 Å².